The molecule has 0 aliphatic rings. The van der Waals surface area contributed by atoms with Crippen molar-refractivity contribution in [1.82, 2.24) is 19.6 Å². The first kappa shape index (κ1) is 16.4. The lowest BCUT2D eigenvalue weighted by Gasteiger charge is -2.03. The number of anilines is 1. The maximum Gasteiger partial charge on any atom is 0.260 e. The average Bonchev–Trinajstić information content (AvgIpc) is 3.04. The van der Waals surface area contributed by atoms with E-state index >= 15 is 0 Å². The van der Waals surface area contributed by atoms with Crippen molar-refractivity contribution in [2.75, 3.05) is 5.32 Å². The Bertz CT molecular complexity index is 902. The Morgan fingerprint density at radius 1 is 1.29 bits per heavy atom. The number of amides is 1. The molecular weight excluding hydrogens is 377 g/mol. The number of carbonyl (C=O) groups excluding carboxylic acids is 1. The van der Waals surface area contributed by atoms with Gasteiger partial charge in [0.25, 0.3) is 5.91 Å². The highest BCUT2D eigenvalue weighted by Crippen LogP contribution is 2.22. The summed E-state index contributed by atoms with van der Waals surface area (Å²) in [6.07, 6.45) is 3.34. The topological polar surface area (TPSA) is 64.7 Å². The van der Waals surface area contributed by atoms with Crippen LogP contribution in [0.4, 0.5) is 10.2 Å². The molecule has 0 atom stereocenters. The van der Waals surface area contributed by atoms with Gasteiger partial charge in [0.05, 0.1) is 22.3 Å². The monoisotopic (exact) mass is 391 g/mol. The summed E-state index contributed by atoms with van der Waals surface area (Å²) >= 11 is 3.36. The number of nitrogens with zero attached hydrogens (tertiary/aromatic N) is 4. The quantitative estimate of drug-likeness (QED) is 0.742. The van der Waals surface area contributed by atoms with Crippen LogP contribution in [0.1, 0.15) is 21.6 Å². The van der Waals surface area contributed by atoms with E-state index in [2.05, 4.69) is 31.4 Å². The van der Waals surface area contributed by atoms with Gasteiger partial charge in [0.2, 0.25) is 0 Å². The number of hydrogen-bond acceptors (Lipinski definition) is 3. The molecule has 0 aliphatic carbocycles. The van der Waals surface area contributed by atoms with E-state index in [1.54, 1.807) is 53.9 Å². The largest absolute Gasteiger partial charge is 0.304 e. The fourth-order valence-electron chi connectivity index (χ4n) is 2.36. The zero-order valence-electron chi connectivity index (χ0n) is 13.1. The number of benzene rings is 1. The summed E-state index contributed by atoms with van der Waals surface area (Å²) in [5.41, 5.74) is 1.64. The van der Waals surface area contributed by atoms with Crippen molar-refractivity contribution in [1.29, 1.82) is 0 Å². The smallest absolute Gasteiger partial charge is 0.260 e. The van der Waals surface area contributed by atoms with Gasteiger partial charge in [0.15, 0.2) is 5.82 Å². The molecule has 2 heterocycles. The second-order valence-electron chi connectivity index (χ2n) is 5.37. The molecule has 0 unspecified atom stereocenters. The molecule has 0 bridgehead atoms. The molecule has 1 aromatic carbocycles. The first-order valence-corrected chi connectivity index (χ1v) is 8.01. The number of aryl methyl sites for hydroxylation is 2. The van der Waals surface area contributed by atoms with E-state index in [1.165, 1.54) is 6.07 Å². The second-order valence-corrected chi connectivity index (χ2v) is 6.22. The van der Waals surface area contributed by atoms with Crippen LogP contribution in [0.2, 0.25) is 0 Å². The van der Waals surface area contributed by atoms with E-state index in [0.29, 0.717) is 27.1 Å². The third-order valence-corrected chi connectivity index (χ3v) is 4.08. The highest BCUT2D eigenvalue weighted by molar-refractivity contribution is 9.10. The summed E-state index contributed by atoms with van der Waals surface area (Å²) < 4.78 is 17.5. The van der Waals surface area contributed by atoms with E-state index < -0.39 is 0 Å². The molecule has 0 saturated heterocycles. The van der Waals surface area contributed by atoms with E-state index in [1.807, 2.05) is 0 Å². The maximum atomic E-state index is 13.7. The SMILES string of the molecule is Cc1nn(C)cc1C(=O)Nc1nn(Cc2ccccc2F)cc1Br. The predicted octanol–water partition coefficient (Wildman–Crippen LogP) is 3.13. The van der Waals surface area contributed by atoms with Crippen LogP contribution in [-0.4, -0.2) is 25.5 Å². The van der Waals surface area contributed by atoms with Crippen LogP contribution < -0.4 is 5.32 Å². The summed E-state index contributed by atoms with van der Waals surface area (Å²) in [5, 5.41) is 11.2. The normalized spacial score (nSPS) is 10.8. The Kier molecular flexibility index (Phi) is 4.48. The molecule has 2 aromatic heterocycles. The molecule has 6 nitrogen and oxygen atoms in total. The molecule has 0 aliphatic heterocycles. The Labute approximate surface area is 146 Å². The third-order valence-electron chi connectivity index (χ3n) is 3.50. The number of carbonyl (C=O) groups is 1. The van der Waals surface area contributed by atoms with Gasteiger partial charge in [-0.3, -0.25) is 14.2 Å². The summed E-state index contributed by atoms with van der Waals surface area (Å²) in [5.74, 6) is -0.210. The van der Waals surface area contributed by atoms with E-state index in [9.17, 15) is 9.18 Å². The standard InChI is InChI=1S/C16H15BrFN5O/c1-10-12(8-22(2)20-10)16(24)19-15-13(17)9-23(21-15)7-11-5-3-4-6-14(11)18/h3-6,8-9H,7H2,1-2H3,(H,19,21,24). The van der Waals surface area contributed by atoms with Gasteiger partial charge >= 0.3 is 0 Å². The summed E-state index contributed by atoms with van der Waals surface area (Å²) in [6, 6.07) is 6.51. The fourth-order valence-corrected chi connectivity index (χ4v) is 2.78. The number of nitrogens with one attached hydrogen (secondary N) is 1. The van der Waals surface area contributed by atoms with Crippen molar-refractivity contribution in [3.8, 4) is 0 Å². The first-order chi connectivity index (χ1) is 11.4. The van der Waals surface area contributed by atoms with Crippen molar-refractivity contribution < 1.29 is 9.18 Å². The van der Waals surface area contributed by atoms with Gasteiger partial charge in [-0.1, -0.05) is 18.2 Å². The van der Waals surface area contributed by atoms with Crippen molar-refractivity contribution in [2.24, 2.45) is 7.05 Å². The fraction of sp³-hybridized carbons (Fsp3) is 0.188. The van der Waals surface area contributed by atoms with Crippen LogP contribution in [0.25, 0.3) is 0 Å². The molecule has 0 saturated carbocycles. The number of rotatable bonds is 4. The minimum atomic E-state index is -0.294. The zero-order valence-corrected chi connectivity index (χ0v) is 14.7. The molecule has 24 heavy (non-hydrogen) atoms. The van der Waals surface area contributed by atoms with E-state index in [4.69, 9.17) is 0 Å². The van der Waals surface area contributed by atoms with Crippen molar-refractivity contribution in [2.45, 2.75) is 13.5 Å². The Hall–Kier alpha value is -2.48. The van der Waals surface area contributed by atoms with Gasteiger partial charge in [-0.05, 0) is 28.9 Å². The molecular formula is C16H15BrFN5O. The first-order valence-electron chi connectivity index (χ1n) is 7.22. The predicted molar refractivity (Wildman–Crippen MR) is 91.3 cm³/mol. The van der Waals surface area contributed by atoms with E-state index in [-0.39, 0.29) is 18.3 Å². The van der Waals surface area contributed by atoms with Crippen LogP contribution in [-0.2, 0) is 13.6 Å². The lowest BCUT2D eigenvalue weighted by atomic mass is 10.2. The van der Waals surface area contributed by atoms with Crippen molar-refractivity contribution in [3.05, 3.63) is 63.8 Å². The van der Waals surface area contributed by atoms with Gasteiger partial charge in [-0.15, -0.1) is 0 Å². The molecule has 0 spiro atoms. The minimum absolute atomic E-state index is 0.271. The van der Waals surface area contributed by atoms with Crippen LogP contribution in [0.15, 0.2) is 41.1 Å². The maximum absolute atomic E-state index is 13.7. The van der Waals surface area contributed by atoms with Gasteiger partial charge in [0.1, 0.15) is 5.82 Å². The molecule has 3 aromatic rings. The Morgan fingerprint density at radius 2 is 2.04 bits per heavy atom. The highest BCUT2D eigenvalue weighted by atomic mass is 79.9. The second kappa shape index (κ2) is 6.56. The molecule has 0 fully saturated rings. The number of halogens is 2. The van der Waals surface area contributed by atoms with Gasteiger partial charge in [0, 0.05) is 25.0 Å². The van der Waals surface area contributed by atoms with Gasteiger partial charge < -0.3 is 5.32 Å². The summed E-state index contributed by atoms with van der Waals surface area (Å²) in [7, 11) is 1.75. The van der Waals surface area contributed by atoms with Crippen LogP contribution in [0, 0.1) is 12.7 Å². The number of hydrogen-bond donors (Lipinski definition) is 1. The molecule has 1 N–H and O–H groups in total. The highest BCUT2D eigenvalue weighted by Gasteiger charge is 2.16. The number of aromatic nitrogens is 4. The van der Waals surface area contributed by atoms with Gasteiger partial charge in [-0.25, -0.2) is 4.39 Å². The molecule has 8 heteroatoms. The molecule has 124 valence electrons. The van der Waals surface area contributed by atoms with Crippen LogP contribution in [0.3, 0.4) is 0 Å². The zero-order chi connectivity index (χ0) is 17.3. The molecule has 1 amide bonds. The average molecular weight is 392 g/mol. The summed E-state index contributed by atoms with van der Waals surface area (Å²) in [6.45, 7) is 2.04. The van der Waals surface area contributed by atoms with Gasteiger partial charge in [-0.2, -0.15) is 10.2 Å². The lowest BCUT2D eigenvalue weighted by molar-refractivity contribution is 0.102. The van der Waals surface area contributed by atoms with Crippen molar-refractivity contribution >= 4 is 27.7 Å². The third kappa shape index (κ3) is 3.38. The van der Waals surface area contributed by atoms with Crippen LogP contribution >= 0.6 is 15.9 Å². The minimum Gasteiger partial charge on any atom is -0.304 e. The van der Waals surface area contributed by atoms with Crippen molar-refractivity contribution in [3.63, 3.8) is 0 Å². The molecule has 0 radical (unpaired) electrons. The lowest BCUT2D eigenvalue weighted by Crippen LogP contribution is -2.13. The van der Waals surface area contributed by atoms with Crippen LogP contribution in [0.5, 0.6) is 0 Å². The Morgan fingerprint density at radius 3 is 2.71 bits per heavy atom. The summed E-state index contributed by atoms with van der Waals surface area (Å²) in [4.78, 5) is 12.3. The molecule has 3 rings (SSSR count). The van der Waals surface area contributed by atoms with E-state index in [0.717, 1.165) is 0 Å². The Balaban J connectivity index is 1.78.